The van der Waals surface area contributed by atoms with Crippen LogP contribution in [-0.2, 0) is 6.42 Å². The first-order chi connectivity index (χ1) is 7.72. The summed E-state index contributed by atoms with van der Waals surface area (Å²) in [4.78, 5) is 8.62. The summed E-state index contributed by atoms with van der Waals surface area (Å²) in [7, 11) is 0. The predicted molar refractivity (Wildman–Crippen MR) is 63.3 cm³/mol. The molecule has 0 spiro atoms. The van der Waals surface area contributed by atoms with Crippen LogP contribution in [0.2, 0.25) is 0 Å². The van der Waals surface area contributed by atoms with E-state index in [9.17, 15) is 0 Å². The van der Waals surface area contributed by atoms with Gasteiger partial charge in [0.25, 0.3) is 0 Å². The monoisotopic (exact) mass is 216 g/mol. The Balaban J connectivity index is 2.44. The van der Waals surface area contributed by atoms with Gasteiger partial charge in [0.1, 0.15) is 11.6 Å². The van der Waals surface area contributed by atoms with E-state index in [0.29, 0.717) is 0 Å². The normalized spacial score (nSPS) is 12.7. The largest absolute Gasteiger partial charge is 0.324 e. The Hall–Kier alpha value is -1.68. The van der Waals surface area contributed by atoms with Gasteiger partial charge in [0, 0.05) is 31.1 Å². The van der Waals surface area contributed by atoms with Crippen LogP contribution in [0.25, 0.3) is 5.82 Å². The molecule has 0 bridgehead atoms. The number of aryl methyl sites for hydroxylation is 1. The number of pyridine rings is 1. The van der Waals surface area contributed by atoms with Crippen molar-refractivity contribution in [1.82, 2.24) is 14.5 Å². The van der Waals surface area contributed by atoms with Crippen LogP contribution in [0.4, 0.5) is 0 Å². The van der Waals surface area contributed by atoms with Crippen molar-refractivity contribution in [2.45, 2.75) is 26.3 Å². The average molecular weight is 216 g/mol. The zero-order chi connectivity index (χ0) is 11.5. The maximum atomic E-state index is 5.85. The fourth-order valence-electron chi connectivity index (χ4n) is 1.65. The van der Waals surface area contributed by atoms with Crippen molar-refractivity contribution >= 4 is 0 Å². The lowest BCUT2D eigenvalue weighted by Gasteiger charge is -2.09. The molecule has 4 nitrogen and oxygen atoms in total. The number of imidazole rings is 1. The van der Waals surface area contributed by atoms with Gasteiger partial charge < -0.3 is 5.73 Å². The van der Waals surface area contributed by atoms with Gasteiger partial charge in [0.15, 0.2) is 0 Å². The molecule has 0 aliphatic carbocycles. The van der Waals surface area contributed by atoms with E-state index in [2.05, 4.69) is 16.9 Å². The average Bonchev–Trinajstić information content (AvgIpc) is 2.77. The minimum atomic E-state index is 0.0235. The molecule has 0 amide bonds. The summed E-state index contributed by atoms with van der Waals surface area (Å²) < 4.78 is 1.99. The predicted octanol–water partition coefficient (Wildman–Crippen LogP) is 1.85. The van der Waals surface area contributed by atoms with Crippen molar-refractivity contribution in [3.8, 4) is 5.82 Å². The smallest absolute Gasteiger partial charge is 0.138 e. The third-order valence-corrected chi connectivity index (χ3v) is 2.58. The van der Waals surface area contributed by atoms with Crippen molar-refractivity contribution in [3.05, 3.63) is 42.1 Å². The molecule has 0 aliphatic heterocycles. The van der Waals surface area contributed by atoms with Gasteiger partial charge in [-0.2, -0.15) is 0 Å². The summed E-state index contributed by atoms with van der Waals surface area (Å²) in [5, 5.41) is 0. The maximum Gasteiger partial charge on any atom is 0.138 e. The minimum absolute atomic E-state index is 0.0235. The van der Waals surface area contributed by atoms with Crippen molar-refractivity contribution in [2.24, 2.45) is 5.73 Å². The fourth-order valence-corrected chi connectivity index (χ4v) is 1.65. The van der Waals surface area contributed by atoms with E-state index in [1.54, 1.807) is 12.4 Å². The van der Waals surface area contributed by atoms with E-state index >= 15 is 0 Å². The molecule has 2 rings (SSSR count). The van der Waals surface area contributed by atoms with Crippen molar-refractivity contribution < 1.29 is 0 Å². The van der Waals surface area contributed by atoms with Crippen LogP contribution in [0.5, 0.6) is 0 Å². The molecule has 0 unspecified atom stereocenters. The summed E-state index contributed by atoms with van der Waals surface area (Å²) in [6.45, 7) is 4.04. The Morgan fingerprint density at radius 2 is 2.19 bits per heavy atom. The van der Waals surface area contributed by atoms with Crippen LogP contribution in [0.3, 0.4) is 0 Å². The summed E-state index contributed by atoms with van der Waals surface area (Å²) in [5.41, 5.74) is 6.94. The highest BCUT2D eigenvalue weighted by Crippen LogP contribution is 2.14. The maximum absolute atomic E-state index is 5.85. The zero-order valence-electron chi connectivity index (χ0n) is 9.59. The Kier molecular flexibility index (Phi) is 3.01. The summed E-state index contributed by atoms with van der Waals surface area (Å²) in [6, 6.07) is 3.97. The first kappa shape index (κ1) is 10.8. The molecule has 2 aromatic heterocycles. The lowest BCUT2D eigenvalue weighted by atomic mass is 10.1. The van der Waals surface area contributed by atoms with E-state index in [0.717, 1.165) is 23.6 Å². The van der Waals surface area contributed by atoms with Gasteiger partial charge in [0.2, 0.25) is 0 Å². The van der Waals surface area contributed by atoms with E-state index in [-0.39, 0.29) is 6.04 Å². The van der Waals surface area contributed by atoms with Crippen molar-refractivity contribution in [2.75, 3.05) is 0 Å². The Morgan fingerprint density at radius 1 is 1.38 bits per heavy atom. The molecule has 4 heteroatoms. The second kappa shape index (κ2) is 4.45. The number of nitrogens with two attached hydrogens (primary N) is 1. The molecule has 0 aliphatic rings. The molecule has 2 heterocycles. The lowest BCUT2D eigenvalue weighted by Crippen LogP contribution is -2.07. The number of hydrogen-bond acceptors (Lipinski definition) is 3. The lowest BCUT2D eigenvalue weighted by molar-refractivity contribution is 0.804. The molecule has 1 atom stereocenters. The van der Waals surface area contributed by atoms with Gasteiger partial charge in [-0.1, -0.05) is 6.92 Å². The standard InChI is InChI=1S/C12H16N4/c1-3-11-15-6-7-16(11)12-8-10(9(2)13)4-5-14-12/h4-9H,3,13H2,1-2H3/t9-/m1/s1. The van der Waals surface area contributed by atoms with Crippen LogP contribution in [0.1, 0.15) is 31.3 Å². The Morgan fingerprint density at radius 3 is 2.88 bits per heavy atom. The van der Waals surface area contributed by atoms with Crippen molar-refractivity contribution in [3.63, 3.8) is 0 Å². The summed E-state index contributed by atoms with van der Waals surface area (Å²) >= 11 is 0. The van der Waals surface area contributed by atoms with E-state index in [1.807, 2.05) is 29.8 Å². The highest BCUT2D eigenvalue weighted by Gasteiger charge is 2.06. The molecular formula is C12H16N4. The topological polar surface area (TPSA) is 56.7 Å². The second-order valence-corrected chi connectivity index (χ2v) is 3.80. The summed E-state index contributed by atoms with van der Waals surface area (Å²) in [5.74, 6) is 1.89. The van der Waals surface area contributed by atoms with Gasteiger partial charge in [0.05, 0.1) is 0 Å². The van der Waals surface area contributed by atoms with Gasteiger partial charge in [-0.05, 0) is 24.6 Å². The Labute approximate surface area is 95.1 Å². The number of aromatic nitrogens is 3. The third-order valence-electron chi connectivity index (χ3n) is 2.58. The third kappa shape index (κ3) is 1.97. The minimum Gasteiger partial charge on any atom is -0.324 e. The zero-order valence-corrected chi connectivity index (χ0v) is 9.59. The number of nitrogens with zero attached hydrogens (tertiary/aromatic N) is 3. The number of hydrogen-bond donors (Lipinski definition) is 1. The number of rotatable bonds is 3. The molecule has 0 saturated carbocycles. The SMILES string of the molecule is CCc1nccn1-c1cc([C@@H](C)N)ccn1. The van der Waals surface area contributed by atoms with E-state index in [1.165, 1.54) is 0 Å². The first-order valence-electron chi connectivity index (χ1n) is 5.46. The van der Waals surface area contributed by atoms with Crippen LogP contribution in [0, 0.1) is 0 Å². The molecule has 0 fully saturated rings. The van der Waals surface area contributed by atoms with Crippen LogP contribution in [-0.4, -0.2) is 14.5 Å². The highest BCUT2D eigenvalue weighted by atomic mass is 15.1. The molecular weight excluding hydrogens is 200 g/mol. The molecule has 0 radical (unpaired) electrons. The molecule has 84 valence electrons. The van der Waals surface area contributed by atoms with Crippen molar-refractivity contribution in [1.29, 1.82) is 0 Å². The summed E-state index contributed by atoms with van der Waals surface area (Å²) in [6.07, 6.45) is 6.38. The van der Waals surface area contributed by atoms with Crippen LogP contribution < -0.4 is 5.73 Å². The fraction of sp³-hybridized carbons (Fsp3) is 0.333. The van der Waals surface area contributed by atoms with Gasteiger partial charge >= 0.3 is 0 Å². The van der Waals surface area contributed by atoms with E-state index < -0.39 is 0 Å². The molecule has 0 saturated heterocycles. The van der Waals surface area contributed by atoms with Gasteiger partial charge in [-0.3, -0.25) is 4.57 Å². The quantitative estimate of drug-likeness (QED) is 0.851. The molecule has 2 aromatic rings. The van der Waals surface area contributed by atoms with E-state index in [4.69, 9.17) is 5.73 Å². The molecule has 0 aromatic carbocycles. The van der Waals surface area contributed by atoms with Gasteiger partial charge in [-0.15, -0.1) is 0 Å². The van der Waals surface area contributed by atoms with Crippen LogP contribution >= 0.6 is 0 Å². The van der Waals surface area contributed by atoms with Crippen LogP contribution in [0.15, 0.2) is 30.7 Å². The molecule has 2 N–H and O–H groups in total. The second-order valence-electron chi connectivity index (χ2n) is 3.80. The Bertz CT molecular complexity index is 473. The molecule has 16 heavy (non-hydrogen) atoms. The highest BCUT2D eigenvalue weighted by molar-refractivity contribution is 5.30. The first-order valence-corrected chi connectivity index (χ1v) is 5.46. The van der Waals surface area contributed by atoms with Gasteiger partial charge in [-0.25, -0.2) is 9.97 Å².